The van der Waals surface area contributed by atoms with Crippen LogP contribution < -0.4 is 16.0 Å². The SMILES string of the molecule is O=C(COC(=O)CNC(=O)c1sc2ccccc2c1Cl)NC(=O)NC1CCCCC1. The van der Waals surface area contributed by atoms with Crippen molar-refractivity contribution in [3.05, 3.63) is 34.2 Å². The summed E-state index contributed by atoms with van der Waals surface area (Å²) in [5.41, 5.74) is 0. The van der Waals surface area contributed by atoms with Crippen LogP contribution in [0.4, 0.5) is 4.79 Å². The molecule has 8 nitrogen and oxygen atoms in total. The molecule has 1 saturated carbocycles. The number of carbonyl (C=O) groups excluding carboxylic acids is 4. The van der Waals surface area contributed by atoms with Gasteiger partial charge >= 0.3 is 12.0 Å². The normalized spacial score (nSPS) is 14.2. The zero-order chi connectivity index (χ0) is 21.5. The lowest BCUT2D eigenvalue weighted by Gasteiger charge is -2.22. The summed E-state index contributed by atoms with van der Waals surface area (Å²) in [4.78, 5) is 47.9. The summed E-state index contributed by atoms with van der Waals surface area (Å²) in [6, 6.07) is 6.78. The van der Waals surface area contributed by atoms with E-state index in [2.05, 4.69) is 16.0 Å². The predicted molar refractivity (Wildman–Crippen MR) is 114 cm³/mol. The van der Waals surface area contributed by atoms with Gasteiger partial charge in [0.05, 0.1) is 5.02 Å². The lowest BCUT2D eigenvalue weighted by Crippen LogP contribution is -2.46. The van der Waals surface area contributed by atoms with E-state index in [1.165, 1.54) is 11.3 Å². The summed E-state index contributed by atoms with van der Waals surface area (Å²) >= 11 is 7.45. The number of amides is 4. The molecule has 160 valence electrons. The summed E-state index contributed by atoms with van der Waals surface area (Å²) < 4.78 is 5.65. The summed E-state index contributed by atoms with van der Waals surface area (Å²) in [5.74, 6) is -2.05. The number of hydrogen-bond acceptors (Lipinski definition) is 6. The molecular weight excluding hydrogens is 430 g/mol. The Hall–Kier alpha value is -2.65. The van der Waals surface area contributed by atoms with E-state index >= 15 is 0 Å². The van der Waals surface area contributed by atoms with Crippen LogP contribution in [0.5, 0.6) is 0 Å². The van der Waals surface area contributed by atoms with Crippen LogP contribution in [0.1, 0.15) is 41.8 Å². The molecule has 0 radical (unpaired) electrons. The van der Waals surface area contributed by atoms with Gasteiger partial charge in [0.15, 0.2) is 6.61 Å². The number of ether oxygens (including phenoxy) is 1. The van der Waals surface area contributed by atoms with E-state index in [1.807, 2.05) is 24.3 Å². The summed E-state index contributed by atoms with van der Waals surface area (Å²) in [5, 5.41) is 8.37. The second-order valence-electron chi connectivity index (χ2n) is 6.94. The maximum atomic E-state index is 12.3. The van der Waals surface area contributed by atoms with Crippen molar-refractivity contribution in [2.24, 2.45) is 0 Å². The number of benzene rings is 1. The van der Waals surface area contributed by atoms with Crippen molar-refractivity contribution < 1.29 is 23.9 Å². The van der Waals surface area contributed by atoms with Crippen LogP contribution in [0.3, 0.4) is 0 Å². The van der Waals surface area contributed by atoms with Gasteiger partial charge in [-0.1, -0.05) is 49.1 Å². The van der Waals surface area contributed by atoms with Crippen LogP contribution in [0.2, 0.25) is 5.02 Å². The molecule has 3 rings (SSSR count). The molecule has 3 N–H and O–H groups in total. The molecule has 1 fully saturated rings. The largest absolute Gasteiger partial charge is 0.454 e. The van der Waals surface area contributed by atoms with E-state index in [4.69, 9.17) is 16.3 Å². The van der Waals surface area contributed by atoms with Crippen molar-refractivity contribution in [1.29, 1.82) is 0 Å². The fourth-order valence-corrected chi connectivity index (χ4v) is 4.65. The second-order valence-corrected chi connectivity index (χ2v) is 8.37. The highest BCUT2D eigenvalue weighted by Crippen LogP contribution is 2.34. The molecule has 0 spiro atoms. The highest BCUT2D eigenvalue weighted by Gasteiger charge is 2.19. The average molecular weight is 452 g/mol. The van der Waals surface area contributed by atoms with Crippen molar-refractivity contribution >= 4 is 56.8 Å². The van der Waals surface area contributed by atoms with Crippen LogP contribution in [0.15, 0.2) is 24.3 Å². The third kappa shape index (κ3) is 5.93. The van der Waals surface area contributed by atoms with Crippen LogP contribution in [-0.4, -0.2) is 43.0 Å². The first-order valence-electron chi connectivity index (χ1n) is 9.65. The Morgan fingerprint density at radius 2 is 1.83 bits per heavy atom. The molecule has 4 amide bonds. The van der Waals surface area contributed by atoms with Crippen molar-refractivity contribution in [1.82, 2.24) is 16.0 Å². The molecule has 30 heavy (non-hydrogen) atoms. The average Bonchev–Trinajstić information content (AvgIpc) is 3.08. The Morgan fingerprint density at radius 1 is 1.10 bits per heavy atom. The Kier molecular flexibility index (Phi) is 7.64. The summed E-state index contributed by atoms with van der Waals surface area (Å²) in [7, 11) is 0. The number of nitrogens with one attached hydrogen (secondary N) is 3. The van der Waals surface area contributed by atoms with Crippen LogP contribution in [-0.2, 0) is 14.3 Å². The molecule has 0 aliphatic heterocycles. The minimum absolute atomic E-state index is 0.0602. The van der Waals surface area contributed by atoms with Crippen LogP contribution >= 0.6 is 22.9 Å². The Morgan fingerprint density at radius 3 is 2.57 bits per heavy atom. The van der Waals surface area contributed by atoms with Gasteiger partial charge in [0, 0.05) is 16.1 Å². The monoisotopic (exact) mass is 451 g/mol. The second kappa shape index (κ2) is 10.4. The maximum absolute atomic E-state index is 12.3. The van der Waals surface area contributed by atoms with Gasteiger partial charge in [0.2, 0.25) is 0 Å². The highest BCUT2D eigenvalue weighted by molar-refractivity contribution is 7.21. The molecule has 10 heteroatoms. The molecular formula is C20H22ClN3O5S. The van der Waals surface area contributed by atoms with Gasteiger partial charge in [0.25, 0.3) is 11.8 Å². The lowest BCUT2D eigenvalue weighted by atomic mass is 9.96. The summed E-state index contributed by atoms with van der Waals surface area (Å²) in [6.07, 6.45) is 5.03. The minimum Gasteiger partial charge on any atom is -0.454 e. The number of rotatable bonds is 6. The number of carbonyl (C=O) groups is 4. The molecule has 1 aliphatic rings. The fourth-order valence-electron chi connectivity index (χ4n) is 3.22. The standard InChI is InChI=1S/C20H22ClN3O5S/c21-17-13-8-4-5-9-14(13)30-18(17)19(27)22-10-16(26)29-11-15(25)24-20(28)23-12-6-2-1-3-7-12/h4-5,8-9,12H,1-3,6-7,10-11H2,(H,22,27)(H2,23,24,25,28). The fraction of sp³-hybridized carbons (Fsp3) is 0.400. The topological polar surface area (TPSA) is 114 Å². The van der Waals surface area contributed by atoms with Crippen LogP contribution in [0.25, 0.3) is 10.1 Å². The van der Waals surface area contributed by atoms with Crippen molar-refractivity contribution in [3.8, 4) is 0 Å². The number of esters is 1. The third-order valence-electron chi connectivity index (χ3n) is 4.69. The number of thiophene rings is 1. The molecule has 1 aromatic heterocycles. The Balaban J connectivity index is 1.38. The van der Waals surface area contributed by atoms with Crippen molar-refractivity contribution in [2.45, 2.75) is 38.1 Å². The van der Waals surface area contributed by atoms with E-state index in [0.717, 1.165) is 42.2 Å². The minimum atomic E-state index is -0.802. The zero-order valence-corrected chi connectivity index (χ0v) is 17.7. The number of imide groups is 1. The molecule has 0 bridgehead atoms. The first-order valence-corrected chi connectivity index (χ1v) is 10.8. The van der Waals surface area contributed by atoms with Gasteiger partial charge < -0.3 is 15.4 Å². The smallest absolute Gasteiger partial charge is 0.325 e. The van der Waals surface area contributed by atoms with Crippen LogP contribution in [0, 0.1) is 0 Å². The number of fused-ring (bicyclic) bond motifs is 1. The molecule has 0 unspecified atom stereocenters. The van der Waals surface area contributed by atoms with Gasteiger partial charge in [-0.3, -0.25) is 19.7 Å². The molecule has 1 aliphatic carbocycles. The Labute approximate surface area is 182 Å². The number of halogens is 1. The first kappa shape index (κ1) is 22.0. The van der Waals surface area contributed by atoms with Gasteiger partial charge in [-0.2, -0.15) is 0 Å². The van der Waals surface area contributed by atoms with Gasteiger partial charge in [-0.05, 0) is 18.9 Å². The zero-order valence-electron chi connectivity index (χ0n) is 16.2. The lowest BCUT2D eigenvalue weighted by molar-refractivity contribution is -0.147. The van der Waals surface area contributed by atoms with E-state index in [1.54, 1.807) is 0 Å². The third-order valence-corrected chi connectivity index (χ3v) is 6.37. The Bertz CT molecular complexity index is 955. The van der Waals surface area contributed by atoms with E-state index in [9.17, 15) is 19.2 Å². The quantitative estimate of drug-likeness (QED) is 0.584. The number of urea groups is 1. The highest BCUT2D eigenvalue weighted by atomic mass is 35.5. The first-order chi connectivity index (χ1) is 14.4. The maximum Gasteiger partial charge on any atom is 0.325 e. The number of hydrogen-bond donors (Lipinski definition) is 3. The van der Waals surface area contributed by atoms with Crippen molar-refractivity contribution in [2.75, 3.05) is 13.2 Å². The molecule has 0 saturated heterocycles. The molecule has 2 aromatic rings. The van der Waals surface area contributed by atoms with Gasteiger partial charge in [0.1, 0.15) is 11.4 Å². The van der Waals surface area contributed by atoms with E-state index < -0.39 is 37.0 Å². The van der Waals surface area contributed by atoms with Crippen molar-refractivity contribution in [3.63, 3.8) is 0 Å². The van der Waals surface area contributed by atoms with Gasteiger partial charge in [-0.25, -0.2) is 4.79 Å². The van der Waals surface area contributed by atoms with E-state index in [0.29, 0.717) is 9.90 Å². The van der Waals surface area contributed by atoms with Gasteiger partial charge in [-0.15, -0.1) is 11.3 Å². The molecule has 1 aromatic carbocycles. The molecule has 1 heterocycles. The summed E-state index contributed by atoms with van der Waals surface area (Å²) in [6.45, 7) is -1.04. The molecule has 0 atom stereocenters. The predicted octanol–water partition coefficient (Wildman–Crippen LogP) is 2.99. The van der Waals surface area contributed by atoms with E-state index in [-0.39, 0.29) is 6.04 Å².